The van der Waals surface area contributed by atoms with Gasteiger partial charge in [0, 0.05) is 32.5 Å². The Hall–Kier alpha value is -7.04. The van der Waals surface area contributed by atoms with Gasteiger partial charge in [-0.3, -0.25) is 4.57 Å². The van der Waals surface area contributed by atoms with E-state index in [1.807, 2.05) is 12.1 Å². The fraction of sp³-hybridized carbons (Fsp3) is 0. The number of para-hydroxylation sites is 2. The Labute approximate surface area is 298 Å². The molecule has 0 aliphatic heterocycles. The summed E-state index contributed by atoms with van der Waals surface area (Å²) >= 11 is 0. The molecule has 0 bridgehead atoms. The second-order valence-corrected chi connectivity index (χ2v) is 13.4. The lowest BCUT2D eigenvalue weighted by Gasteiger charge is -2.16. The Morgan fingerprint density at radius 2 is 1.02 bits per heavy atom. The van der Waals surface area contributed by atoms with Crippen LogP contribution in [0.1, 0.15) is 0 Å². The zero-order valence-electron chi connectivity index (χ0n) is 28.0. The summed E-state index contributed by atoms with van der Waals surface area (Å²) in [5.41, 5.74) is 11.1. The van der Waals surface area contributed by atoms with Crippen LogP contribution in [0.4, 0.5) is 0 Å². The molecule has 0 spiro atoms. The smallest absolute Gasteiger partial charge is 0.235 e. The van der Waals surface area contributed by atoms with Crippen molar-refractivity contribution in [2.75, 3.05) is 0 Å². The molecule has 3 aromatic heterocycles. The maximum atomic E-state index is 6.41. The highest BCUT2D eigenvalue weighted by Gasteiger charge is 2.21. The number of aromatic nitrogens is 3. The van der Waals surface area contributed by atoms with Gasteiger partial charge in [0.15, 0.2) is 0 Å². The van der Waals surface area contributed by atoms with Crippen molar-refractivity contribution in [2.24, 2.45) is 0 Å². The highest BCUT2D eigenvalue weighted by molar-refractivity contribution is 6.14. The molecular weight excluding hydrogens is 635 g/mol. The molecule has 0 fully saturated rings. The SMILES string of the molecule is c1ccc(-c2cc3nc(-n4c5ccccc5c5cc6ccccc6cc54)nc(-c4ccc5c(c4)oc4ccccc45)c3cc2-c2ccccc2)cc1. The molecule has 4 heteroatoms. The first-order chi connectivity index (χ1) is 25.8. The van der Waals surface area contributed by atoms with Crippen molar-refractivity contribution >= 4 is 65.4 Å². The van der Waals surface area contributed by atoms with Crippen LogP contribution in [-0.4, -0.2) is 14.5 Å². The number of furan rings is 1. The summed E-state index contributed by atoms with van der Waals surface area (Å²) in [4.78, 5) is 10.9. The highest BCUT2D eigenvalue weighted by atomic mass is 16.3. The van der Waals surface area contributed by atoms with Crippen molar-refractivity contribution in [3.8, 4) is 39.5 Å². The van der Waals surface area contributed by atoms with Crippen LogP contribution in [0, 0.1) is 0 Å². The quantitative estimate of drug-likeness (QED) is 0.188. The standard InChI is InChI=1S/C48H29N3O/c1-3-13-30(14-4-1)38-28-41-42(29-39(38)31-15-5-2-6-16-31)49-48(50-47(41)34-23-24-37-36-20-10-12-22-45(36)52-46(37)27-34)51-43-21-11-9-19-35(43)40-25-32-17-7-8-18-33(32)26-44(40)51/h1-29H. The summed E-state index contributed by atoms with van der Waals surface area (Å²) in [6, 6.07) is 62.0. The van der Waals surface area contributed by atoms with Gasteiger partial charge in [0.2, 0.25) is 5.95 Å². The van der Waals surface area contributed by atoms with E-state index in [1.165, 1.54) is 21.5 Å². The lowest BCUT2D eigenvalue weighted by molar-refractivity contribution is 0.669. The van der Waals surface area contributed by atoms with E-state index in [9.17, 15) is 0 Å². The van der Waals surface area contributed by atoms with E-state index >= 15 is 0 Å². The summed E-state index contributed by atoms with van der Waals surface area (Å²) in [7, 11) is 0. The van der Waals surface area contributed by atoms with E-state index in [-0.39, 0.29) is 0 Å². The predicted octanol–water partition coefficient (Wildman–Crippen LogP) is 12.8. The first-order valence-electron chi connectivity index (χ1n) is 17.6. The van der Waals surface area contributed by atoms with Gasteiger partial charge in [0.25, 0.3) is 0 Å². The first kappa shape index (κ1) is 28.8. The summed E-state index contributed by atoms with van der Waals surface area (Å²) in [6.07, 6.45) is 0. The molecule has 11 rings (SSSR count). The van der Waals surface area contributed by atoms with E-state index < -0.39 is 0 Å². The normalized spacial score (nSPS) is 11.8. The second kappa shape index (κ2) is 11.2. The van der Waals surface area contributed by atoms with Crippen molar-refractivity contribution < 1.29 is 4.42 Å². The zero-order chi connectivity index (χ0) is 34.2. The third kappa shape index (κ3) is 4.41. The molecule has 11 aromatic rings. The molecule has 0 N–H and O–H groups in total. The maximum absolute atomic E-state index is 6.41. The molecule has 52 heavy (non-hydrogen) atoms. The minimum atomic E-state index is 0.625. The Morgan fingerprint density at radius 1 is 0.385 bits per heavy atom. The second-order valence-electron chi connectivity index (χ2n) is 13.4. The fourth-order valence-electron chi connectivity index (χ4n) is 7.94. The summed E-state index contributed by atoms with van der Waals surface area (Å²) in [5.74, 6) is 0.625. The van der Waals surface area contributed by atoms with Gasteiger partial charge < -0.3 is 4.42 Å². The average molecular weight is 664 g/mol. The molecular formula is C48H29N3O. The molecule has 0 atom stereocenters. The van der Waals surface area contributed by atoms with Crippen molar-refractivity contribution in [1.29, 1.82) is 0 Å². The summed E-state index contributed by atoms with van der Waals surface area (Å²) in [5, 5.41) is 7.89. The van der Waals surface area contributed by atoms with Crippen LogP contribution in [0.5, 0.6) is 0 Å². The van der Waals surface area contributed by atoms with Crippen LogP contribution in [-0.2, 0) is 0 Å². The number of benzene rings is 8. The van der Waals surface area contributed by atoms with E-state index in [1.54, 1.807) is 0 Å². The number of nitrogens with zero attached hydrogens (tertiary/aromatic N) is 3. The maximum Gasteiger partial charge on any atom is 0.235 e. The summed E-state index contributed by atoms with van der Waals surface area (Å²) < 4.78 is 8.64. The average Bonchev–Trinajstić information content (AvgIpc) is 3.74. The first-order valence-corrected chi connectivity index (χ1v) is 17.6. The van der Waals surface area contributed by atoms with E-state index in [2.05, 4.69) is 168 Å². The number of hydrogen-bond acceptors (Lipinski definition) is 3. The van der Waals surface area contributed by atoms with Crippen LogP contribution in [0.2, 0.25) is 0 Å². The van der Waals surface area contributed by atoms with E-state index in [4.69, 9.17) is 14.4 Å². The van der Waals surface area contributed by atoms with Gasteiger partial charge in [-0.1, -0.05) is 127 Å². The molecule has 3 heterocycles. The van der Waals surface area contributed by atoms with Gasteiger partial charge in [-0.25, -0.2) is 9.97 Å². The van der Waals surface area contributed by atoms with Gasteiger partial charge in [-0.2, -0.15) is 0 Å². The lowest BCUT2D eigenvalue weighted by Crippen LogP contribution is -2.04. The van der Waals surface area contributed by atoms with Crippen LogP contribution in [0.3, 0.4) is 0 Å². The Balaban J connectivity index is 1.26. The topological polar surface area (TPSA) is 43.9 Å². The van der Waals surface area contributed by atoms with Crippen LogP contribution in [0.25, 0.3) is 105 Å². The van der Waals surface area contributed by atoms with Gasteiger partial charge in [-0.15, -0.1) is 0 Å². The monoisotopic (exact) mass is 663 g/mol. The van der Waals surface area contributed by atoms with Crippen molar-refractivity contribution in [3.63, 3.8) is 0 Å². The van der Waals surface area contributed by atoms with Crippen molar-refractivity contribution in [2.45, 2.75) is 0 Å². The van der Waals surface area contributed by atoms with Crippen LogP contribution >= 0.6 is 0 Å². The molecule has 0 saturated carbocycles. The number of hydrogen-bond donors (Lipinski definition) is 0. The molecule has 0 amide bonds. The van der Waals surface area contributed by atoms with Crippen LogP contribution in [0.15, 0.2) is 180 Å². The van der Waals surface area contributed by atoms with E-state index in [0.29, 0.717) is 5.95 Å². The van der Waals surface area contributed by atoms with Gasteiger partial charge in [-0.05, 0) is 81.6 Å². The Bertz CT molecular complexity index is 3180. The molecule has 0 unspecified atom stereocenters. The fourth-order valence-corrected chi connectivity index (χ4v) is 7.94. The van der Waals surface area contributed by atoms with Crippen molar-refractivity contribution in [1.82, 2.24) is 14.5 Å². The minimum absolute atomic E-state index is 0.625. The van der Waals surface area contributed by atoms with Gasteiger partial charge in [0.1, 0.15) is 11.2 Å². The van der Waals surface area contributed by atoms with Gasteiger partial charge in [0.05, 0.1) is 22.2 Å². The largest absolute Gasteiger partial charge is 0.456 e. The third-order valence-corrected chi connectivity index (χ3v) is 10.4. The lowest BCUT2D eigenvalue weighted by atomic mass is 9.91. The number of fused-ring (bicyclic) bond motifs is 8. The van der Waals surface area contributed by atoms with E-state index in [0.717, 1.165) is 77.4 Å². The molecule has 242 valence electrons. The predicted molar refractivity (Wildman–Crippen MR) is 215 cm³/mol. The highest BCUT2D eigenvalue weighted by Crippen LogP contribution is 2.41. The molecule has 0 aliphatic rings. The Morgan fingerprint density at radius 3 is 1.81 bits per heavy atom. The molecule has 4 nitrogen and oxygen atoms in total. The third-order valence-electron chi connectivity index (χ3n) is 10.4. The minimum Gasteiger partial charge on any atom is -0.456 e. The van der Waals surface area contributed by atoms with Gasteiger partial charge >= 0.3 is 0 Å². The molecule has 0 aliphatic carbocycles. The Kier molecular flexibility index (Phi) is 6.22. The van der Waals surface area contributed by atoms with Crippen LogP contribution < -0.4 is 0 Å². The molecule has 0 saturated heterocycles. The summed E-state index contributed by atoms with van der Waals surface area (Å²) in [6.45, 7) is 0. The number of rotatable bonds is 4. The van der Waals surface area contributed by atoms with Crippen molar-refractivity contribution in [3.05, 3.63) is 176 Å². The zero-order valence-corrected chi connectivity index (χ0v) is 28.0. The molecule has 0 radical (unpaired) electrons. The molecule has 8 aromatic carbocycles.